The zero-order valence-electron chi connectivity index (χ0n) is 12.5. The van der Waals surface area contributed by atoms with Crippen LogP contribution in [0.3, 0.4) is 0 Å². The Balaban J connectivity index is 1.79. The standard InChI is InChI=1S/C17H13N3O4/c21-17(22)8-5-11-1-3-12(4-2-11)9-16-18-14-7-6-13(20(23)24)10-15(14)19-16/h1-8,10H,9H2,(H,18,19)(H,21,22)/b8-5+. The fourth-order valence-electron chi connectivity index (χ4n) is 2.35. The number of carboxylic acid groups (broad SMARTS) is 1. The van der Waals surface area contributed by atoms with E-state index in [0.29, 0.717) is 17.8 Å². The number of non-ortho nitro benzene ring substituents is 1. The van der Waals surface area contributed by atoms with Gasteiger partial charge < -0.3 is 10.1 Å². The molecule has 0 aliphatic rings. The van der Waals surface area contributed by atoms with Crippen molar-refractivity contribution in [2.24, 2.45) is 0 Å². The number of nitro benzene ring substituents is 1. The first-order valence-corrected chi connectivity index (χ1v) is 7.14. The summed E-state index contributed by atoms with van der Waals surface area (Å²) in [4.78, 5) is 28.4. The van der Waals surface area contributed by atoms with E-state index in [-0.39, 0.29) is 5.69 Å². The van der Waals surface area contributed by atoms with Gasteiger partial charge in [0, 0.05) is 24.6 Å². The highest BCUT2D eigenvalue weighted by atomic mass is 16.6. The molecule has 3 rings (SSSR count). The summed E-state index contributed by atoms with van der Waals surface area (Å²) in [6.45, 7) is 0. The van der Waals surface area contributed by atoms with Crippen LogP contribution in [0.1, 0.15) is 17.0 Å². The van der Waals surface area contributed by atoms with Crippen LogP contribution >= 0.6 is 0 Å². The molecular formula is C17H13N3O4. The molecular weight excluding hydrogens is 310 g/mol. The molecule has 1 aromatic heterocycles. The highest BCUT2D eigenvalue weighted by molar-refractivity contribution is 5.85. The van der Waals surface area contributed by atoms with Crippen molar-refractivity contribution in [3.63, 3.8) is 0 Å². The van der Waals surface area contributed by atoms with E-state index in [1.165, 1.54) is 18.2 Å². The van der Waals surface area contributed by atoms with Gasteiger partial charge in [-0.3, -0.25) is 10.1 Å². The van der Waals surface area contributed by atoms with Crippen molar-refractivity contribution in [3.8, 4) is 0 Å². The van der Waals surface area contributed by atoms with Gasteiger partial charge in [-0.2, -0.15) is 0 Å². The molecule has 2 N–H and O–H groups in total. The number of imidazole rings is 1. The molecule has 0 saturated heterocycles. The Labute approximate surface area is 136 Å². The second-order valence-electron chi connectivity index (χ2n) is 5.23. The van der Waals surface area contributed by atoms with Crippen LogP contribution < -0.4 is 0 Å². The lowest BCUT2D eigenvalue weighted by atomic mass is 10.1. The van der Waals surface area contributed by atoms with Gasteiger partial charge in [-0.15, -0.1) is 0 Å². The second-order valence-corrected chi connectivity index (χ2v) is 5.23. The van der Waals surface area contributed by atoms with E-state index in [1.807, 2.05) is 24.3 Å². The maximum absolute atomic E-state index is 10.8. The molecule has 24 heavy (non-hydrogen) atoms. The molecule has 7 nitrogen and oxygen atoms in total. The molecule has 1 heterocycles. The first kappa shape index (κ1) is 15.4. The number of aliphatic carboxylic acids is 1. The van der Waals surface area contributed by atoms with Gasteiger partial charge in [0.05, 0.1) is 16.0 Å². The van der Waals surface area contributed by atoms with Crippen LogP contribution in [-0.2, 0) is 11.2 Å². The quantitative estimate of drug-likeness (QED) is 0.426. The van der Waals surface area contributed by atoms with Crippen LogP contribution in [0.4, 0.5) is 5.69 Å². The van der Waals surface area contributed by atoms with Crippen molar-refractivity contribution < 1.29 is 14.8 Å². The largest absolute Gasteiger partial charge is 0.478 e. The van der Waals surface area contributed by atoms with Crippen molar-refractivity contribution in [1.82, 2.24) is 9.97 Å². The van der Waals surface area contributed by atoms with Gasteiger partial charge in [0.2, 0.25) is 0 Å². The predicted octanol–water partition coefficient (Wildman–Crippen LogP) is 3.16. The SMILES string of the molecule is O=C(O)/C=C/c1ccc(Cc2nc3cc([N+](=O)[O-])ccc3[nH]2)cc1. The number of fused-ring (bicyclic) bond motifs is 1. The van der Waals surface area contributed by atoms with Crippen molar-refractivity contribution in [3.05, 3.63) is 75.6 Å². The Morgan fingerprint density at radius 1 is 1.25 bits per heavy atom. The monoisotopic (exact) mass is 323 g/mol. The fourth-order valence-corrected chi connectivity index (χ4v) is 2.35. The number of H-pyrrole nitrogens is 1. The third-order valence-corrected chi connectivity index (χ3v) is 3.50. The van der Waals surface area contributed by atoms with Gasteiger partial charge in [-0.1, -0.05) is 24.3 Å². The maximum atomic E-state index is 10.8. The Morgan fingerprint density at radius 2 is 2.00 bits per heavy atom. The number of nitrogens with zero attached hydrogens (tertiary/aromatic N) is 2. The predicted molar refractivity (Wildman–Crippen MR) is 88.7 cm³/mol. The summed E-state index contributed by atoms with van der Waals surface area (Å²) in [5.74, 6) is -0.283. The Bertz CT molecular complexity index is 942. The van der Waals surface area contributed by atoms with Crippen LogP contribution in [0.15, 0.2) is 48.5 Å². The molecule has 0 aliphatic heterocycles. The fraction of sp³-hybridized carbons (Fsp3) is 0.0588. The summed E-state index contributed by atoms with van der Waals surface area (Å²) in [7, 11) is 0. The lowest BCUT2D eigenvalue weighted by Crippen LogP contribution is -1.91. The third-order valence-electron chi connectivity index (χ3n) is 3.50. The van der Waals surface area contributed by atoms with Crippen LogP contribution in [-0.4, -0.2) is 26.0 Å². The minimum atomic E-state index is -0.990. The number of carboxylic acids is 1. The molecule has 0 spiro atoms. The lowest BCUT2D eigenvalue weighted by molar-refractivity contribution is -0.384. The summed E-state index contributed by atoms with van der Waals surface area (Å²) >= 11 is 0. The molecule has 120 valence electrons. The van der Waals surface area contributed by atoms with E-state index < -0.39 is 10.9 Å². The number of nitrogens with one attached hydrogen (secondary N) is 1. The van der Waals surface area contributed by atoms with E-state index in [0.717, 1.165) is 22.7 Å². The Morgan fingerprint density at radius 3 is 2.67 bits per heavy atom. The van der Waals surface area contributed by atoms with Crippen molar-refractivity contribution in [2.75, 3.05) is 0 Å². The minimum Gasteiger partial charge on any atom is -0.478 e. The Hall–Kier alpha value is -3.48. The van der Waals surface area contributed by atoms with Crippen molar-refractivity contribution in [1.29, 1.82) is 0 Å². The zero-order chi connectivity index (χ0) is 17.1. The molecule has 0 unspecified atom stereocenters. The number of aromatic amines is 1. The third kappa shape index (κ3) is 3.46. The van der Waals surface area contributed by atoms with E-state index in [9.17, 15) is 14.9 Å². The van der Waals surface area contributed by atoms with Crippen LogP contribution in [0, 0.1) is 10.1 Å². The van der Waals surface area contributed by atoms with Crippen LogP contribution in [0.2, 0.25) is 0 Å². The van der Waals surface area contributed by atoms with E-state index in [4.69, 9.17) is 5.11 Å². The van der Waals surface area contributed by atoms with Crippen LogP contribution in [0.25, 0.3) is 17.1 Å². The topological polar surface area (TPSA) is 109 Å². The minimum absolute atomic E-state index is 0.00937. The van der Waals surface area contributed by atoms with Crippen LogP contribution in [0.5, 0.6) is 0 Å². The van der Waals surface area contributed by atoms with Gasteiger partial charge >= 0.3 is 5.97 Å². The van der Waals surface area contributed by atoms with E-state index in [2.05, 4.69) is 9.97 Å². The lowest BCUT2D eigenvalue weighted by Gasteiger charge is -1.99. The molecule has 0 aliphatic carbocycles. The number of nitro groups is 1. The summed E-state index contributed by atoms with van der Waals surface area (Å²) in [5.41, 5.74) is 3.10. The molecule has 0 amide bonds. The van der Waals surface area contributed by atoms with Gasteiger partial charge in [0.15, 0.2) is 0 Å². The summed E-state index contributed by atoms with van der Waals surface area (Å²) in [6, 6.07) is 11.9. The molecule has 0 fully saturated rings. The van der Waals surface area contributed by atoms with E-state index >= 15 is 0 Å². The number of benzene rings is 2. The highest BCUT2D eigenvalue weighted by Crippen LogP contribution is 2.20. The van der Waals surface area contributed by atoms with Gasteiger partial charge in [-0.25, -0.2) is 9.78 Å². The summed E-state index contributed by atoms with van der Waals surface area (Å²) in [6.07, 6.45) is 3.15. The maximum Gasteiger partial charge on any atom is 0.328 e. The number of carbonyl (C=O) groups is 1. The zero-order valence-corrected chi connectivity index (χ0v) is 12.5. The van der Waals surface area contributed by atoms with E-state index in [1.54, 1.807) is 6.07 Å². The average Bonchev–Trinajstić information content (AvgIpc) is 2.95. The second kappa shape index (κ2) is 6.33. The first-order chi connectivity index (χ1) is 11.5. The molecule has 0 radical (unpaired) electrons. The molecule has 2 aromatic carbocycles. The summed E-state index contributed by atoms with van der Waals surface area (Å²) < 4.78 is 0. The van der Waals surface area contributed by atoms with Gasteiger partial charge in [0.1, 0.15) is 5.82 Å². The van der Waals surface area contributed by atoms with Gasteiger partial charge in [0.25, 0.3) is 5.69 Å². The number of hydrogen-bond donors (Lipinski definition) is 2. The summed E-state index contributed by atoms with van der Waals surface area (Å²) in [5, 5.41) is 19.4. The number of hydrogen-bond acceptors (Lipinski definition) is 4. The molecule has 3 aromatic rings. The molecule has 0 atom stereocenters. The average molecular weight is 323 g/mol. The Kier molecular flexibility index (Phi) is 4.07. The highest BCUT2D eigenvalue weighted by Gasteiger charge is 2.10. The number of aromatic nitrogens is 2. The molecule has 0 saturated carbocycles. The van der Waals surface area contributed by atoms with Crippen molar-refractivity contribution >= 4 is 28.8 Å². The normalized spacial score (nSPS) is 11.2. The smallest absolute Gasteiger partial charge is 0.328 e. The first-order valence-electron chi connectivity index (χ1n) is 7.14. The molecule has 7 heteroatoms. The molecule has 0 bridgehead atoms. The number of rotatable bonds is 5. The van der Waals surface area contributed by atoms with Gasteiger partial charge in [-0.05, 0) is 23.3 Å². The van der Waals surface area contributed by atoms with Crippen molar-refractivity contribution in [2.45, 2.75) is 6.42 Å².